The highest BCUT2D eigenvalue weighted by Gasteiger charge is 2.24. The van der Waals surface area contributed by atoms with E-state index < -0.39 is 0 Å². The van der Waals surface area contributed by atoms with Crippen molar-refractivity contribution in [3.8, 4) is 6.07 Å². The molecule has 1 aliphatic rings. The third kappa shape index (κ3) is 2.44. The Hall–Kier alpha value is -3.07. The Morgan fingerprint density at radius 1 is 1.17 bits per heavy atom. The molecule has 0 bridgehead atoms. The van der Waals surface area contributed by atoms with E-state index in [0.717, 1.165) is 42.8 Å². The summed E-state index contributed by atoms with van der Waals surface area (Å²) in [4.78, 5) is 21.8. The monoisotopic (exact) mass is 319 g/mol. The maximum absolute atomic E-state index is 12.3. The molecule has 1 N–H and O–H groups in total. The van der Waals surface area contributed by atoms with Crippen molar-refractivity contribution < 1.29 is 0 Å². The maximum Gasteiger partial charge on any atom is 0.326 e. The van der Waals surface area contributed by atoms with Gasteiger partial charge in [0.15, 0.2) is 0 Å². The molecule has 120 valence electrons. The van der Waals surface area contributed by atoms with Crippen LogP contribution in [-0.4, -0.2) is 27.6 Å². The molecule has 0 amide bonds. The number of H-pyrrole nitrogens is 1. The van der Waals surface area contributed by atoms with Gasteiger partial charge in [-0.25, -0.2) is 9.78 Å². The fourth-order valence-electron chi connectivity index (χ4n) is 3.43. The predicted octanol–water partition coefficient (Wildman–Crippen LogP) is 2.44. The van der Waals surface area contributed by atoms with Gasteiger partial charge in [-0.3, -0.25) is 4.57 Å². The van der Waals surface area contributed by atoms with Crippen LogP contribution in [0.4, 0.5) is 5.82 Å². The molecular weight excluding hydrogens is 302 g/mol. The van der Waals surface area contributed by atoms with Crippen LogP contribution in [0.15, 0.2) is 47.4 Å². The zero-order valence-corrected chi connectivity index (χ0v) is 13.1. The number of nitrogens with one attached hydrogen (secondary N) is 1. The molecule has 0 spiro atoms. The first-order chi connectivity index (χ1) is 11.8. The topological polar surface area (TPSA) is 77.7 Å². The Morgan fingerprint density at radius 2 is 1.96 bits per heavy atom. The van der Waals surface area contributed by atoms with Crippen LogP contribution in [-0.2, 0) is 0 Å². The summed E-state index contributed by atoms with van der Waals surface area (Å²) in [5.41, 5.74) is 2.39. The van der Waals surface area contributed by atoms with Crippen molar-refractivity contribution in [1.82, 2.24) is 14.5 Å². The summed E-state index contributed by atoms with van der Waals surface area (Å²) in [6, 6.07) is 13.8. The number of piperidine rings is 1. The van der Waals surface area contributed by atoms with Crippen LogP contribution in [0.1, 0.15) is 24.4 Å². The molecule has 0 unspecified atom stereocenters. The number of nitriles is 1. The van der Waals surface area contributed by atoms with E-state index in [2.05, 4.69) is 20.9 Å². The second kappa shape index (κ2) is 5.85. The number of anilines is 1. The molecule has 24 heavy (non-hydrogen) atoms. The average molecular weight is 319 g/mol. The van der Waals surface area contributed by atoms with Crippen molar-refractivity contribution in [2.75, 3.05) is 18.0 Å². The van der Waals surface area contributed by atoms with E-state index >= 15 is 0 Å². The predicted molar refractivity (Wildman–Crippen MR) is 92.0 cm³/mol. The number of para-hydroxylation sites is 2. The number of hydrogen-bond donors (Lipinski definition) is 1. The van der Waals surface area contributed by atoms with Gasteiger partial charge in [0.05, 0.1) is 16.6 Å². The van der Waals surface area contributed by atoms with Crippen molar-refractivity contribution in [1.29, 1.82) is 5.26 Å². The highest BCUT2D eigenvalue weighted by atomic mass is 16.1. The van der Waals surface area contributed by atoms with E-state index in [1.165, 1.54) is 0 Å². The molecule has 1 aromatic carbocycles. The van der Waals surface area contributed by atoms with Gasteiger partial charge in [0, 0.05) is 25.3 Å². The van der Waals surface area contributed by atoms with Gasteiger partial charge in [-0.05, 0) is 37.1 Å². The van der Waals surface area contributed by atoms with Crippen LogP contribution < -0.4 is 10.6 Å². The third-order valence-electron chi connectivity index (χ3n) is 4.65. The fourth-order valence-corrected chi connectivity index (χ4v) is 3.43. The van der Waals surface area contributed by atoms with Gasteiger partial charge in [-0.15, -0.1) is 0 Å². The Labute approximate surface area is 139 Å². The lowest BCUT2D eigenvalue weighted by Gasteiger charge is -2.33. The molecule has 0 radical (unpaired) electrons. The summed E-state index contributed by atoms with van der Waals surface area (Å²) >= 11 is 0. The Kier molecular flexibility index (Phi) is 3.54. The van der Waals surface area contributed by atoms with Crippen LogP contribution in [0.3, 0.4) is 0 Å². The van der Waals surface area contributed by atoms with E-state index in [1.54, 1.807) is 12.3 Å². The molecule has 1 fully saturated rings. The van der Waals surface area contributed by atoms with Crippen LogP contribution >= 0.6 is 0 Å². The van der Waals surface area contributed by atoms with E-state index in [0.29, 0.717) is 5.56 Å². The maximum atomic E-state index is 12.3. The normalized spacial score (nSPS) is 15.5. The van der Waals surface area contributed by atoms with Crippen LogP contribution in [0.2, 0.25) is 0 Å². The van der Waals surface area contributed by atoms with Gasteiger partial charge in [-0.1, -0.05) is 12.1 Å². The SMILES string of the molecule is N#Cc1ccc(N2CCC(n3c(=O)[nH]c4ccccc43)CC2)nc1. The quantitative estimate of drug-likeness (QED) is 0.787. The van der Waals surface area contributed by atoms with Crippen molar-refractivity contribution in [3.63, 3.8) is 0 Å². The first kappa shape index (κ1) is 14.5. The molecule has 0 atom stereocenters. The lowest BCUT2D eigenvalue weighted by atomic mass is 10.0. The minimum Gasteiger partial charge on any atom is -0.356 e. The number of aromatic nitrogens is 3. The minimum absolute atomic E-state index is 0.0360. The summed E-state index contributed by atoms with van der Waals surface area (Å²) in [5.74, 6) is 0.888. The first-order valence-corrected chi connectivity index (χ1v) is 8.06. The van der Waals surface area contributed by atoms with Gasteiger partial charge < -0.3 is 9.88 Å². The van der Waals surface area contributed by atoms with Crippen molar-refractivity contribution >= 4 is 16.9 Å². The number of pyridine rings is 1. The van der Waals surface area contributed by atoms with Gasteiger partial charge in [0.25, 0.3) is 0 Å². The van der Waals surface area contributed by atoms with Gasteiger partial charge in [0.2, 0.25) is 0 Å². The molecule has 3 aromatic rings. The van der Waals surface area contributed by atoms with Crippen molar-refractivity contribution in [2.45, 2.75) is 18.9 Å². The summed E-state index contributed by atoms with van der Waals surface area (Å²) in [6.07, 6.45) is 3.39. The smallest absolute Gasteiger partial charge is 0.326 e. The van der Waals surface area contributed by atoms with Crippen LogP contribution in [0.25, 0.3) is 11.0 Å². The summed E-state index contributed by atoms with van der Waals surface area (Å²) in [6.45, 7) is 1.69. The Morgan fingerprint density at radius 3 is 2.67 bits per heavy atom. The van der Waals surface area contributed by atoms with Crippen molar-refractivity contribution in [2.24, 2.45) is 0 Å². The molecular formula is C18H17N5O. The number of rotatable bonds is 2. The third-order valence-corrected chi connectivity index (χ3v) is 4.65. The summed E-state index contributed by atoms with van der Waals surface area (Å²) in [7, 11) is 0. The molecule has 6 heteroatoms. The molecule has 6 nitrogen and oxygen atoms in total. The molecule has 1 aliphatic heterocycles. The van der Waals surface area contributed by atoms with Crippen LogP contribution in [0, 0.1) is 11.3 Å². The van der Waals surface area contributed by atoms with E-state index in [-0.39, 0.29) is 11.7 Å². The van der Waals surface area contributed by atoms with E-state index in [4.69, 9.17) is 5.26 Å². The minimum atomic E-state index is -0.0360. The molecule has 0 saturated carbocycles. The molecule has 1 saturated heterocycles. The van der Waals surface area contributed by atoms with Gasteiger partial charge >= 0.3 is 5.69 Å². The van der Waals surface area contributed by atoms with E-state index in [1.807, 2.05) is 34.9 Å². The number of fused-ring (bicyclic) bond motifs is 1. The lowest BCUT2D eigenvalue weighted by Crippen LogP contribution is -2.37. The number of aromatic amines is 1. The standard InChI is InChI=1S/C18H17N5O/c19-11-13-5-6-17(20-12-13)22-9-7-14(8-10-22)23-16-4-2-1-3-15(16)21-18(23)24/h1-6,12,14H,7-10H2,(H,21,24). The Bertz CT molecular complexity index is 955. The summed E-state index contributed by atoms with van der Waals surface area (Å²) < 4.78 is 1.89. The molecule has 4 rings (SSSR count). The largest absolute Gasteiger partial charge is 0.356 e. The highest BCUT2D eigenvalue weighted by Crippen LogP contribution is 2.27. The number of nitrogens with zero attached hydrogens (tertiary/aromatic N) is 4. The van der Waals surface area contributed by atoms with Crippen molar-refractivity contribution in [3.05, 3.63) is 58.6 Å². The van der Waals surface area contributed by atoms with E-state index in [9.17, 15) is 4.79 Å². The summed E-state index contributed by atoms with van der Waals surface area (Å²) in [5, 5.41) is 8.85. The van der Waals surface area contributed by atoms with Crippen LogP contribution in [0.5, 0.6) is 0 Å². The highest BCUT2D eigenvalue weighted by molar-refractivity contribution is 5.75. The fraction of sp³-hybridized carbons (Fsp3) is 0.278. The zero-order chi connectivity index (χ0) is 16.5. The lowest BCUT2D eigenvalue weighted by molar-refractivity contribution is 0.395. The Balaban J connectivity index is 1.54. The second-order valence-electron chi connectivity index (χ2n) is 6.05. The molecule has 3 heterocycles. The van der Waals surface area contributed by atoms with Gasteiger partial charge in [-0.2, -0.15) is 5.26 Å². The number of imidazole rings is 1. The van der Waals surface area contributed by atoms with Gasteiger partial charge in [0.1, 0.15) is 11.9 Å². The zero-order valence-electron chi connectivity index (χ0n) is 13.1. The molecule has 0 aliphatic carbocycles. The number of benzene rings is 1. The first-order valence-electron chi connectivity index (χ1n) is 8.06. The second-order valence-corrected chi connectivity index (χ2v) is 6.05. The number of hydrogen-bond acceptors (Lipinski definition) is 4. The molecule has 2 aromatic heterocycles. The average Bonchev–Trinajstić information content (AvgIpc) is 2.98.